The molecule has 0 saturated carbocycles. The van der Waals surface area contributed by atoms with Crippen molar-refractivity contribution in [2.45, 2.75) is 46.3 Å². The van der Waals surface area contributed by atoms with Crippen LogP contribution >= 0.6 is 0 Å². The zero-order chi connectivity index (χ0) is 21.6. The normalized spacial score (nSPS) is 12.2. The van der Waals surface area contributed by atoms with Crippen LogP contribution in [0.4, 0.5) is 5.69 Å². The van der Waals surface area contributed by atoms with Gasteiger partial charge in [-0.1, -0.05) is 36.4 Å². The van der Waals surface area contributed by atoms with Crippen molar-refractivity contribution in [2.75, 3.05) is 12.8 Å². The molecule has 6 nitrogen and oxygen atoms in total. The number of ether oxygens (including phenoxy) is 3. The van der Waals surface area contributed by atoms with E-state index in [2.05, 4.69) is 0 Å². The first-order valence-corrected chi connectivity index (χ1v) is 9.47. The van der Waals surface area contributed by atoms with Gasteiger partial charge in [-0.05, 0) is 56.9 Å². The summed E-state index contributed by atoms with van der Waals surface area (Å²) in [6.07, 6.45) is 0.129. The van der Waals surface area contributed by atoms with E-state index in [0.717, 1.165) is 16.7 Å². The van der Waals surface area contributed by atoms with Crippen LogP contribution in [0.2, 0.25) is 0 Å². The molecule has 1 atom stereocenters. The fourth-order valence-electron chi connectivity index (χ4n) is 2.82. The summed E-state index contributed by atoms with van der Waals surface area (Å²) >= 11 is 0. The summed E-state index contributed by atoms with van der Waals surface area (Å²) in [5, 5.41) is 0. The molecule has 2 aromatic rings. The lowest BCUT2D eigenvalue weighted by atomic mass is 9.97. The predicted molar refractivity (Wildman–Crippen MR) is 111 cm³/mol. The minimum Gasteiger partial charge on any atom is -0.487 e. The molecular weight excluding hydrogens is 370 g/mol. The number of hydrogen-bond acceptors (Lipinski definition) is 6. The third-order valence-electron chi connectivity index (χ3n) is 4.26. The van der Waals surface area contributed by atoms with Gasteiger partial charge in [-0.2, -0.15) is 0 Å². The number of anilines is 1. The van der Waals surface area contributed by atoms with Gasteiger partial charge in [-0.3, -0.25) is 9.59 Å². The molecule has 0 bridgehead atoms. The quantitative estimate of drug-likeness (QED) is 0.432. The summed E-state index contributed by atoms with van der Waals surface area (Å²) < 4.78 is 16.1. The standard InChI is InChI=1S/C23H29NO5/c1-15-11-17(12-18(21(25)27-5)22(26)29-23(2,3)4)13-19(20(15)24)28-14-16-9-7-6-8-10-16/h6-11,13,18H,12,14,24H2,1-5H3. The lowest BCUT2D eigenvalue weighted by Gasteiger charge is -2.23. The number of rotatable bonds is 7. The molecule has 0 saturated heterocycles. The van der Waals surface area contributed by atoms with Gasteiger partial charge in [0.1, 0.15) is 18.0 Å². The summed E-state index contributed by atoms with van der Waals surface area (Å²) in [6.45, 7) is 7.47. The van der Waals surface area contributed by atoms with Gasteiger partial charge in [-0.15, -0.1) is 0 Å². The number of carbonyl (C=O) groups is 2. The van der Waals surface area contributed by atoms with E-state index in [1.54, 1.807) is 26.8 Å². The highest BCUT2D eigenvalue weighted by molar-refractivity contribution is 5.95. The highest BCUT2D eigenvalue weighted by atomic mass is 16.6. The van der Waals surface area contributed by atoms with Gasteiger partial charge in [-0.25, -0.2) is 0 Å². The van der Waals surface area contributed by atoms with E-state index in [1.165, 1.54) is 7.11 Å². The van der Waals surface area contributed by atoms with Crippen molar-refractivity contribution < 1.29 is 23.8 Å². The molecule has 0 radical (unpaired) electrons. The lowest BCUT2D eigenvalue weighted by Crippen LogP contribution is -2.34. The highest BCUT2D eigenvalue weighted by Crippen LogP contribution is 2.29. The van der Waals surface area contributed by atoms with Crippen molar-refractivity contribution in [1.29, 1.82) is 0 Å². The third kappa shape index (κ3) is 6.52. The molecule has 0 aliphatic carbocycles. The molecule has 0 spiro atoms. The Balaban J connectivity index is 2.24. The second-order valence-electron chi connectivity index (χ2n) is 7.91. The average molecular weight is 399 g/mol. The zero-order valence-corrected chi connectivity index (χ0v) is 17.7. The fourth-order valence-corrected chi connectivity index (χ4v) is 2.82. The topological polar surface area (TPSA) is 87.9 Å². The smallest absolute Gasteiger partial charge is 0.321 e. The SMILES string of the molecule is COC(=O)C(Cc1cc(C)c(N)c(OCc2ccccc2)c1)C(=O)OC(C)(C)C. The number of carbonyl (C=O) groups excluding carboxylic acids is 2. The van der Waals surface area contributed by atoms with Crippen molar-refractivity contribution in [3.05, 3.63) is 59.2 Å². The minimum absolute atomic E-state index is 0.129. The summed E-state index contributed by atoms with van der Waals surface area (Å²) in [5.41, 5.74) is 8.54. The molecule has 2 rings (SSSR count). The molecule has 1 unspecified atom stereocenters. The Morgan fingerprint density at radius 2 is 1.69 bits per heavy atom. The summed E-state index contributed by atoms with van der Waals surface area (Å²) in [7, 11) is 1.25. The summed E-state index contributed by atoms with van der Waals surface area (Å²) in [4.78, 5) is 24.7. The van der Waals surface area contributed by atoms with Crippen LogP contribution in [0.1, 0.15) is 37.5 Å². The van der Waals surface area contributed by atoms with Crippen LogP contribution in [-0.4, -0.2) is 24.6 Å². The first-order valence-electron chi connectivity index (χ1n) is 9.47. The average Bonchev–Trinajstić information content (AvgIpc) is 2.66. The van der Waals surface area contributed by atoms with Gasteiger partial charge in [0.15, 0.2) is 5.92 Å². The van der Waals surface area contributed by atoms with Gasteiger partial charge >= 0.3 is 11.9 Å². The molecule has 0 aliphatic rings. The Labute approximate surface area is 172 Å². The molecule has 2 N–H and O–H groups in total. The fraction of sp³-hybridized carbons (Fsp3) is 0.391. The summed E-state index contributed by atoms with van der Waals surface area (Å²) in [6, 6.07) is 13.3. The number of methoxy groups -OCH3 is 1. The van der Waals surface area contributed by atoms with Crippen molar-refractivity contribution in [2.24, 2.45) is 5.92 Å². The van der Waals surface area contributed by atoms with Gasteiger partial charge in [0.25, 0.3) is 0 Å². The van der Waals surface area contributed by atoms with Gasteiger partial charge in [0.05, 0.1) is 12.8 Å². The Morgan fingerprint density at radius 1 is 1.03 bits per heavy atom. The maximum Gasteiger partial charge on any atom is 0.321 e. The predicted octanol–water partition coefficient (Wildman–Crippen LogP) is 3.83. The van der Waals surface area contributed by atoms with Crippen LogP contribution in [0.3, 0.4) is 0 Å². The number of nitrogens with two attached hydrogens (primary N) is 1. The highest BCUT2D eigenvalue weighted by Gasteiger charge is 2.32. The van der Waals surface area contributed by atoms with Crippen LogP contribution in [0, 0.1) is 12.8 Å². The molecule has 29 heavy (non-hydrogen) atoms. The van der Waals surface area contributed by atoms with Crippen LogP contribution in [-0.2, 0) is 32.1 Å². The second kappa shape index (κ2) is 9.45. The molecule has 0 heterocycles. The maximum atomic E-state index is 12.5. The number of benzene rings is 2. The number of esters is 2. The molecule has 156 valence electrons. The Bertz CT molecular complexity index is 856. The molecular formula is C23H29NO5. The molecule has 0 aliphatic heterocycles. The van der Waals surface area contributed by atoms with E-state index in [-0.39, 0.29) is 6.42 Å². The van der Waals surface area contributed by atoms with E-state index in [0.29, 0.717) is 18.0 Å². The van der Waals surface area contributed by atoms with E-state index < -0.39 is 23.5 Å². The van der Waals surface area contributed by atoms with Gasteiger partial charge in [0, 0.05) is 0 Å². The third-order valence-corrected chi connectivity index (χ3v) is 4.26. The van der Waals surface area contributed by atoms with E-state index in [4.69, 9.17) is 19.9 Å². The Kier molecular flexibility index (Phi) is 7.26. The van der Waals surface area contributed by atoms with E-state index in [9.17, 15) is 9.59 Å². The molecule has 0 amide bonds. The largest absolute Gasteiger partial charge is 0.487 e. The lowest BCUT2D eigenvalue weighted by molar-refractivity contribution is -0.168. The first-order chi connectivity index (χ1) is 13.6. The minimum atomic E-state index is -1.07. The zero-order valence-electron chi connectivity index (χ0n) is 17.7. The van der Waals surface area contributed by atoms with Crippen molar-refractivity contribution in [1.82, 2.24) is 0 Å². The molecule has 2 aromatic carbocycles. The number of hydrogen-bond donors (Lipinski definition) is 1. The monoisotopic (exact) mass is 399 g/mol. The van der Waals surface area contributed by atoms with Crippen molar-refractivity contribution >= 4 is 17.6 Å². The second-order valence-corrected chi connectivity index (χ2v) is 7.91. The Morgan fingerprint density at radius 3 is 2.28 bits per heavy atom. The summed E-state index contributed by atoms with van der Waals surface area (Å²) in [5.74, 6) is -1.81. The molecule has 0 fully saturated rings. The van der Waals surface area contributed by atoms with Crippen molar-refractivity contribution in [3.63, 3.8) is 0 Å². The molecule has 6 heteroatoms. The van der Waals surface area contributed by atoms with Gasteiger partial charge < -0.3 is 19.9 Å². The number of nitrogen functional groups attached to an aromatic ring is 1. The van der Waals surface area contributed by atoms with Crippen LogP contribution in [0.5, 0.6) is 5.75 Å². The van der Waals surface area contributed by atoms with Crippen molar-refractivity contribution in [3.8, 4) is 5.75 Å². The van der Waals surface area contributed by atoms with Crippen LogP contribution < -0.4 is 10.5 Å². The molecule has 0 aromatic heterocycles. The maximum absolute atomic E-state index is 12.5. The first kappa shape index (κ1) is 22.3. The van der Waals surface area contributed by atoms with Crippen LogP contribution in [0.15, 0.2) is 42.5 Å². The van der Waals surface area contributed by atoms with Gasteiger partial charge in [0.2, 0.25) is 0 Å². The number of aryl methyl sites for hydroxylation is 1. The Hall–Kier alpha value is -3.02. The van der Waals surface area contributed by atoms with E-state index in [1.807, 2.05) is 43.3 Å². The van der Waals surface area contributed by atoms with Crippen LogP contribution in [0.25, 0.3) is 0 Å². The van der Waals surface area contributed by atoms with E-state index >= 15 is 0 Å².